The third kappa shape index (κ3) is 4.83. The van der Waals surface area contributed by atoms with Gasteiger partial charge in [-0.25, -0.2) is 0 Å². The van der Waals surface area contributed by atoms with E-state index in [2.05, 4.69) is 17.4 Å². The second-order valence-electron chi connectivity index (χ2n) is 6.93. The van der Waals surface area contributed by atoms with Crippen molar-refractivity contribution >= 4 is 17.5 Å². The topological polar surface area (TPSA) is 38.3 Å². The van der Waals surface area contributed by atoms with Crippen LogP contribution in [0.25, 0.3) is 0 Å². The number of benzene rings is 2. The van der Waals surface area contributed by atoms with Crippen LogP contribution in [0.1, 0.15) is 36.3 Å². The summed E-state index contributed by atoms with van der Waals surface area (Å²) in [6.45, 7) is 1.40. The summed E-state index contributed by atoms with van der Waals surface area (Å²) >= 11 is 6.16. The van der Waals surface area contributed by atoms with E-state index in [0.717, 1.165) is 24.0 Å². The van der Waals surface area contributed by atoms with E-state index in [0.29, 0.717) is 24.6 Å². The molecule has 1 aliphatic carbocycles. The van der Waals surface area contributed by atoms with Crippen LogP contribution in [-0.2, 0) is 9.53 Å². The number of carbonyl (C=O) groups excluding carboxylic acids is 1. The summed E-state index contributed by atoms with van der Waals surface area (Å²) in [5, 5.41) is 3.79. The fourth-order valence-electron chi connectivity index (χ4n) is 3.24. The molecule has 0 radical (unpaired) electrons. The number of methoxy groups -OCH3 is 1. The molecule has 0 spiro atoms. The van der Waals surface area contributed by atoms with Crippen LogP contribution in [0.3, 0.4) is 0 Å². The summed E-state index contributed by atoms with van der Waals surface area (Å²) < 4.78 is 5.27. The molecule has 3 rings (SSSR count). The molecule has 1 atom stereocenters. The highest BCUT2D eigenvalue weighted by molar-refractivity contribution is 6.30. The average molecular weight is 358 g/mol. The molecule has 0 saturated heterocycles. The highest BCUT2D eigenvalue weighted by atomic mass is 35.5. The van der Waals surface area contributed by atoms with E-state index in [1.807, 2.05) is 42.5 Å². The van der Waals surface area contributed by atoms with Crippen LogP contribution < -0.4 is 5.32 Å². The lowest BCUT2D eigenvalue weighted by atomic mass is 9.88. The Kier molecular flexibility index (Phi) is 5.77. The fourth-order valence-corrected chi connectivity index (χ4v) is 3.43. The Labute approximate surface area is 154 Å². The molecule has 0 aromatic heterocycles. The van der Waals surface area contributed by atoms with Crippen LogP contribution in [0.4, 0.5) is 0 Å². The van der Waals surface area contributed by atoms with E-state index in [9.17, 15) is 4.79 Å². The van der Waals surface area contributed by atoms with E-state index in [4.69, 9.17) is 16.3 Å². The minimum absolute atomic E-state index is 0.00233. The predicted octanol–water partition coefficient (Wildman–Crippen LogP) is 4.40. The van der Waals surface area contributed by atoms with Gasteiger partial charge in [-0.2, -0.15) is 0 Å². The van der Waals surface area contributed by atoms with Crippen LogP contribution in [0.5, 0.6) is 0 Å². The Bertz CT molecular complexity index is 713. The van der Waals surface area contributed by atoms with Crippen molar-refractivity contribution < 1.29 is 9.53 Å². The van der Waals surface area contributed by atoms with Crippen molar-refractivity contribution in [3.63, 3.8) is 0 Å². The molecule has 1 amide bonds. The molecule has 1 aliphatic rings. The zero-order chi connectivity index (χ0) is 17.7. The van der Waals surface area contributed by atoms with Crippen LogP contribution >= 0.6 is 11.6 Å². The first kappa shape index (κ1) is 18.0. The van der Waals surface area contributed by atoms with Gasteiger partial charge in [0.2, 0.25) is 5.91 Å². The van der Waals surface area contributed by atoms with E-state index >= 15 is 0 Å². The first-order valence-corrected chi connectivity index (χ1v) is 9.06. The number of hydrogen-bond donors (Lipinski definition) is 1. The second kappa shape index (κ2) is 8.03. The number of hydrogen-bond acceptors (Lipinski definition) is 2. The summed E-state index contributed by atoms with van der Waals surface area (Å²) in [5.41, 5.74) is 2.34. The van der Waals surface area contributed by atoms with Crippen molar-refractivity contribution in [3.8, 4) is 0 Å². The molecule has 2 aromatic rings. The second-order valence-corrected chi connectivity index (χ2v) is 7.37. The smallest absolute Gasteiger partial charge is 0.220 e. The van der Waals surface area contributed by atoms with Gasteiger partial charge in [-0.1, -0.05) is 54.1 Å². The number of carbonyl (C=O) groups is 1. The lowest BCUT2D eigenvalue weighted by Crippen LogP contribution is -2.33. The van der Waals surface area contributed by atoms with Crippen molar-refractivity contribution in [2.75, 3.05) is 20.3 Å². The largest absolute Gasteiger partial charge is 0.384 e. The summed E-state index contributed by atoms with van der Waals surface area (Å²) in [6, 6.07) is 17.9. The van der Waals surface area contributed by atoms with Crippen LogP contribution in [-0.4, -0.2) is 26.2 Å². The van der Waals surface area contributed by atoms with Crippen LogP contribution in [0, 0.1) is 5.41 Å². The summed E-state index contributed by atoms with van der Waals surface area (Å²) in [6.07, 6.45) is 2.66. The van der Waals surface area contributed by atoms with Gasteiger partial charge in [0.1, 0.15) is 0 Å². The first-order valence-electron chi connectivity index (χ1n) is 8.68. The maximum Gasteiger partial charge on any atom is 0.220 e. The van der Waals surface area contributed by atoms with Crippen molar-refractivity contribution in [2.45, 2.75) is 25.2 Å². The Hall–Kier alpha value is -1.84. The number of ether oxygens (including phenoxy) is 1. The van der Waals surface area contributed by atoms with Gasteiger partial charge in [-0.05, 0) is 36.1 Å². The quantitative estimate of drug-likeness (QED) is 0.760. The third-order valence-corrected chi connectivity index (χ3v) is 5.15. The molecule has 0 unspecified atom stereocenters. The molecule has 25 heavy (non-hydrogen) atoms. The van der Waals surface area contributed by atoms with E-state index < -0.39 is 0 Å². The number of halogens is 1. The maximum atomic E-state index is 12.6. The molecule has 132 valence electrons. The summed E-state index contributed by atoms with van der Waals surface area (Å²) in [7, 11) is 1.71. The molecule has 0 aliphatic heterocycles. The van der Waals surface area contributed by atoms with E-state index in [-0.39, 0.29) is 17.2 Å². The zero-order valence-electron chi connectivity index (χ0n) is 14.5. The molecule has 1 fully saturated rings. The first-order chi connectivity index (χ1) is 12.1. The number of nitrogens with one attached hydrogen (secondary N) is 1. The standard InChI is InChI=1S/C21H24ClNO2/c1-25-15-21(10-11-21)14-23-20(24)13-19(16-6-3-2-4-7-16)17-8-5-9-18(22)12-17/h2-9,12,19H,10-11,13-15H2,1H3,(H,23,24)/t19-/m0/s1. The molecule has 3 nitrogen and oxygen atoms in total. The normalized spacial score (nSPS) is 16.2. The Balaban J connectivity index is 1.71. The molecule has 1 saturated carbocycles. The average Bonchev–Trinajstić information content (AvgIpc) is 3.39. The van der Waals surface area contributed by atoms with Gasteiger partial charge in [0.25, 0.3) is 0 Å². The van der Waals surface area contributed by atoms with E-state index in [1.54, 1.807) is 7.11 Å². The number of amides is 1. The highest BCUT2D eigenvalue weighted by Crippen LogP contribution is 2.45. The minimum Gasteiger partial charge on any atom is -0.384 e. The molecular weight excluding hydrogens is 334 g/mol. The van der Waals surface area contributed by atoms with Crippen molar-refractivity contribution in [1.82, 2.24) is 5.32 Å². The SMILES string of the molecule is COCC1(CNC(=O)C[C@@H](c2ccccc2)c2cccc(Cl)c2)CC1. The van der Waals surface area contributed by atoms with E-state index in [1.165, 1.54) is 0 Å². The molecule has 2 aromatic carbocycles. The van der Waals surface area contributed by atoms with Gasteiger partial charge in [-0.3, -0.25) is 4.79 Å². The molecule has 4 heteroatoms. The Morgan fingerprint density at radius 2 is 1.88 bits per heavy atom. The Morgan fingerprint density at radius 3 is 2.52 bits per heavy atom. The monoisotopic (exact) mass is 357 g/mol. The zero-order valence-corrected chi connectivity index (χ0v) is 15.3. The van der Waals surface area contributed by atoms with Gasteiger partial charge in [0.05, 0.1) is 6.61 Å². The highest BCUT2D eigenvalue weighted by Gasteiger charge is 2.42. The van der Waals surface area contributed by atoms with Gasteiger partial charge in [0.15, 0.2) is 0 Å². The van der Waals surface area contributed by atoms with Crippen LogP contribution in [0.2, 0.25) is 5.02 Å². The van der Waals surface area contributed by atoms with Gasteiger partial charge >= 0.3 is 0 Å². The summed E-state index contributed by atoms with van der Waals surface area (Å²) in [5.74, 6) is 0.0636. The molecule has 0 heterocycles. The summed E-state index contributed by atoms with van der Waals surface area (Å²) in [4.78, 5) is 12.6. The molecule has 1 N–H and O–H groups in total. The van der Waals surface area contributed by atoms with Gasteiger partial charge in [-0.15, -0.1) is 0 Å². The molecule has 0 bridgehead atoms. The predicted molar refractivity (Wildman–Crippen MR) is 101 cm³/mol. The Morgan fingerprint density at radius 1 is 1.16 bits per heavy atom. The van der Waals surface area contributed by atoms with Crippen molar-refractivity contribution in [3.05, 3.63) is 70.7 Å². The van der Waals surface area contributed by atoms with Crippen molar-refractivity contribution in [1.29, 1.82) is 0 Å². The van der Waals surface area contributed by atoms with Gasteiger partial charge < -0.3 is 10.1 Å². The fraction of sp³-hybridized carbons (Fsp3) is 0.381. The number of rotatable bonds is 8. The maximum absolute atomic E-state index is 12.6. The third-order valence-electron chi connectivity index (χ3n) is 4.91. The lowest BCUT2D eigenvalue weighted by Gasteiger charge is -2.20. The molecular formula is C21H24ClNO2. The van der Waals surface area contributed by atoms with Crippen molar-refractivity contribution in [2.24, 2.45) is 5.41 Å². The minimum atomic E-state index is -0.00233. The lowest BCUT2D eigenvalue weighted by molar-refractivity contribution is -0.121. The van der Waals surface area contributed by atoms with Gasteiger partial charge in [0, 0.05) is 36.4 Å². The van der Waals surface area contributed by atoms with Crippen LogP contribution in [0.15, 0.2) is 54.6 Å².